The number of ether oxygens (including phenoxy) is 2. The smallest absolute Gasteiger partial charge is 0.328 e. The van der Waals surface area contributed by atoms with Gasteiger partial charge in [0.05, 0.1) is 12.7 Å². The third-order valence-corrected chi connectivity index (χ3v) is 9.88. The third kappa shape index (κ3) is 12.1. The van der Waals surface area contributed by atoms with Crippen LogP contribution in [-0.4, -0.2) is 65.5 Å². The fourth-order valence-electron chi connectivity index (χ4n) is 6.75. The van der Waals surface area contributed by atoms with Gasteiger partial charge in [0.25, 0.3) is 5.91 Å². The molecule has 0 saturated carbocycles. The second kappa shape index (κ2) is 19.0. The Labute approximate surface area is 282 Å². The first-order valence-electron chi connectivity index (χ1n) is 17.8. The zero-order valence-electron chi connectivity index (χ0n) is 29.5. The molecule has 7 atom stereocenters. The lowest BCUT2D eigenvalue weighted by Gasteiger charge is -2.37. The van der Waals surface area contributed by atoms with Gasteiger partial charge in [0, 0.05) is 31.2 Å². The third-order valence-electron chi connectivity index (χ3n) is 9.88. The predicted molar refractivity (Wildman–Crippen MR) is 183 cm³/mol. The molecule has 0 radical (unpaired) electrons. The molecule has 2 bridgehead atoms. The molecule has 0 aromatic carbocycles. The van der Waals surface area contributed by atoms with E-state index in [9.17, 15) is 24.0 Å². The number of fused-ring (bicyclic) bond motifs is 3. The van der Waals surface area contributed by atoms with Crippen LogP contribution >= 0.6 is 0 Å². The van der Waals surface area contributed by atoms with Crippen molar-refractivity contribution < 1.29 is 33.4 Å². The van der Waals surface area contributed by atoms with E-state index in [2.05, 4.69) is 26.0 Å². The Morgan fingerprint density at radius 1 is 0.766 bits per heavy atom. The summed E-state index contributed by atoms with van der Waals surface area (Å²) in [4.78, 5) is 67.2. The molecule has 260 valence electrons. The van der Waals surface area contributed by atoms with Gasteiger partial charge in [0.15, 0.2) is 0 Å². The first-order chi connectivity index (χ1) is 22.4. The fourth-order valence-corrected chi connectivity index (χ4v) is 6.75. The highest BCUT2D eigenvalue weighted by Gasteiger charge is 2.42. The molecule has 0 aromatic rings. The number of Topliss-reactive ketones (excluding diaryl/α,β-unsaturated/α-hetero) is 3. The molecule has 3 heterocycles. The van der Waals surface area contributed by atoms with Gasteiger partial charge in [-0.15, -0.1) is 0 Å². The van der Waals surface area contributed by atoms with Gasteiger partial charge >= 0.3 is 5.97 Å². The summed E-state index contributed by atoms with van der Waals surface area (Å²) in [5, 5.41) is 0. The highest BCUT2D eigenvalue weighted by molar-refractivity contribution is 6.38. The van der Waals surface area contributed by atoms with Crippen LogP contribution < -0.4 is 0 Å². The first-order valence-corrected chi connectivity index (χ1v) is 17.8. The maximum atomic E-state index is 13.5. The Morgan fingerprint density at radius 3 is 2.30 bits per heavy atom. The van der Waals surface area contributed by atoms with Crippen LogP contribution in [0.2, 0.25) is 0 Å². The minimum absolute atomic E-state index is 0.0476. The number of cyclic esters (lactones) is 1. The van der Waals surface area contributed by atoms with Crippen LogP contribution in [0.25, 0.3) is 0 Å². The summed E-state index contributed by atoms with van der Waals surface area (Å²) in [7, 11) is 0. The van der Waals surface area contributed by atoms with E-state index in [1.807, 2.05) is 52.0 Å². The number of piperidine rings is 1. The van der Waals surface area contributed by atoms with Crippen LogP contribution in [0.5, 0.6) is 0 Å². The topological polar surface area (TPSA) is 107 Å². The molecule has 3 aliphatic rings. The Hall–Kier alpha value is -3.13. The molecule has 0 aliphatic carbocycles. The van der Waals surface area contributed by atoms with Crippen molar-refractivity contribution in [2.45, 2.75) is 130 Å². The molecule has 3 aliphatic heterocycles. The second-order valence-electron chi connectivity index (χ2n) is 14.2. The molecule has 0 spiro atoms. The van der Waals surface area contributed by atoms with Gasteiger partial charge in [-0.1, -0.05) is 75.3 Å². The Balaban J connectivity index is 1.75. The number of nitrogens with zero attached hydrogens (tertiary/aromatic N) is 1. The number of hydrogen-bond acceptors (Lipinski definition) is 7. The zero-order valence-corrected chi connectivity index (χ0v) is 29.5. The lowest BCUT2D eigenvalue weighted by atomic mass is 9.88. The van der Waals surface area contributed by atoms with Crippen LogP contribution in [0.3, 0.4) is 0 Å². The van der Waals surface area contributed by atoms with Crippen molar-refractivity contribution >= 4 is 29.2 Å². The van der Waals surface area contributed by atoms with E-state index in [1.54, 1.807) is 0 Å². The van der Waals surface area contributed by atoms with E-state index in [-0.39, 0.29) is 54.4 Å². The van der Waals surface area contributed by atoms with E-state index in [1.165, 1.54) is 10.5 Å². The van der Waals surface area contributed by atoms with E-state index in [4.69, 9.17) is 9.47 Å². The van der Waals surface area contributed by atoms with Gasteiger partial charge in [-0.05, 0) is 83.5 Å². The van der Waals surface area contributed by atoms with Gasteiger partial charge in [0.2, 0.25) is 5.78 Å². The minimum Gasteiger partial charge on any atom is -0.464 e. The fraction of sp³-hybridized carbons (Fsp3) is 0.667. The maximum absolute atomic E-state index is 13.5. The van der Waals surface area contributed by atoms with E-state index < -0.39 is 29.8 Å². The van der Waals surface area contributed by atoms with Crippen LogP contribution in [0.4, 0.5) is 0 Å². The summed E-state index contributed by atoms with van der Waals surface area (Å²) in [6.45, 7) is 12.1. The number of carbonyl (C=O) groups excluding carboxylic acids is 5. The Morgan fingerprint density at radius 2 is 1.53 bits per heavy atom. The van der Waals surface area contributed by atoms with Crippen molar-refractivity contribution in [3.63, 3.8) is 0 Å². The molecule has 0 aromatic heterocycles. The molecule has 3 rings (SSSR count). The molecule has 47 heavy (non-hydrogen) atoms. The predicted octanol–water partition coefficient (Wildman–Crippen LogP) is 7.07. The van der Waals surface area contributed by atoms with Crippen molar-refractivity contribution in [3.05, 3.63) is 47.6 Å². The highest BCUT2D eigenvalue weighted by atomic mass is 16.5. The van der Waals surface area contributed by atoms with Gasteiger partial charge in [0.1, 0.15) is 23.7 Å². The van der Waals surface area contributed by atoms with E-state index in [0.717, 1.165) is 44.1 Å². The van der Waals surface area contributed by atoms with Crippen molar-refractivity contribution in [3.8, 4) is 0 Å². The summed E-state index contributed by atoms with van der Waals surface area (Å²) in [6, 6.07) is -0.848. The second-order valence-corrected chi connectivity index (χ2v) is 14.2. The monoisotopic (exact) mass is 651 g/mol. The van der Waals surface area contributed by atoms with Crippen LogP contribution in [0.15, 0.2) is 47.6 Å². The minimum atomic E-state index is -0.848. The van der Waals surface area contributed by atoms with Crippen molar-refractivity contribution in [2.75, 3.05) is 13.2 Å². The molecular weight excluding hydrogens is 594 g/mol. The summed E-state index contributed by atoms with van der Waals surface area (Å²) in [6.07, 6.45) is 18.1. The van der Waals surface area contributed by atoms with Crippen LogP contribution in [0, 0.1) is 23.7 Å². The normalized spacial score (nSPS) is 32.3. The van der Waals surface area contributed by atoms with Crippen molar-refractivity contribution in [2.24, 2.45) is 23.7 Å². The average molecular weight is 652 g/mol. The zero-order chi connectivity index (χ0) is 34.5. The van der Waals surface area contributed by atoms with Gasteiger partial charge in [-0.25, -0.2) is 4.79 Å². The quantitative estimate of drug-likeness (QED) is 0.157. The summed E-state index contributed by atoms with van der Waals surface area (Å²) < 4.78 is 11.7. The standard InChI is InChI=1S/C39H57NO7/c1-26-12-8-7-9-13-27(2)24-30(5)34(41)20-16-28(3)25-31(6)35(42)21-23-46-39(45)33-14-10-11-22-40(33)38(44)36(43)37-29(4)17-19-32(47-37)18-15-26/h7-9,12-13,25,27,29-33,37H,10-11,14-24H2,1-6H3. The number of ketones is 3. The number of rotatable bonds is 0. The lowest BCUT2D eigenvalue weighted by Crippen LogP contribution is -2.54. The molecule has 2 fully saturated rings. The molecule has 2 saturated heterocycles. The van der Waals surface area contributed by atoms with Crippen molar-refractivity contribution in [1.29, 1.82) is 0 Å². The van der Waals surface area contributed by atoms with Crippen LogP contribution in [-0.2, 0) is 33.4 Å². The highest BCUT2D eigenvalue weighted by Crippen LogP contribution is 2.30. The summed E-state index contributed by atoms with van der Waals surface area (Å²) in [5.74, 6) is -1.95. The Bertz CT molecular complexity index is 1240. The maximum Gasteiger partial charge on any atom is 0.328 e. The van der Waals surface area contributed by atoms with Gasteiger partial charge in [-0.3, -0.25) is 19.2 Å². The van der Waals surface area contributed by atoms with Gasteiger partial charge in [-0.2, -0.15) is 0 Å². The van der Waals surface area contributed by atoms with E-state index in [0.29, 0.717) is 32.2 Å². The summed E-state index contributed by atoms with van der Waals surface area (Å²) >= 11 is 0. The SMILES string of the molecule is CC1=CC(C)C(=O)CCOC(=O)C2CCCCN2C(=O)C(=O)C2OC(CCC(C)=CC=CC=CC(C)CC(C)C(=O)CC1)CCC2C. The van der Waals surface area contributed by atoms with Crippen molar-refractivity contribution in [1.82, 2.24) is 4.90 Å². The largest absolute Gasteiger partial charge is 0.464 e. The van der Waals surface area contributed by atoms with Crippen LogP contribution in [0.1, 0.15) is 112 Å². The lowest BCUT2D eigenvalue weighted by molar-refractivity contribution is -0.166. The molecular formula is C39H57NO7. The molecule has 0 N–H and O–H groups in total. The molecule has 8 heteroatoms. The first kappa shape index (κ1) is 38.3. The Kier molecular flexibility index (Phi) is 15.5. The molecule has 1 amide bonds. The van der Waals surface area contributed by atoms with E-state index >= 15 is 0 Å². The molecule has 8 nitrogen and oxygen atoms in total. The number of esters is 1. The number of carbonyl (C=O) groups is 5. The molecule has 7 unspecified atom stereocenters. The number of allylic oxidation sites excluding steroid dienone is 8. The van der Waals surface area contributed by atoms with Gasteiger partial charge < -0.3 is 14.4 Å². The summed E-state index contributed by atoms with van der Waals surface area (Å²) in [5.41, 5.74) is 2.18. The number of amides is 1. The average Bonchev–Trinajstić information content (AvgIpc) is 3.05. The number of hydrogen-bond donors (Lipinski definition) is 0.